The van der Waals surface area contributed by atoms with E-state index in [-0.39, 0.29) is 12.6 Å². The van der Waals surface area contributed by atoms with Crippen LogP contribution < -0.4 is 10.2 Å². The first-order chi connectivity index (χ1) is 10.2. The van der Waals surface area contributed by atoms with Crippen molar-refractivity contribution in [1.29, 1.82) is 0 Å². The molecule has 118 valence electrons. The number of nitrogens with zero attached hydrogens (tertiary/aromatic N) is 1. The molecule has 0 aliphatic carbocycles. The van der Waals surface area contributed by atoms with E-state index in [0.29, 0.717) is 11.7 Å². The van der Waals surface area contributed by atoms with Crippen LogP contribution in [-0.2, 0) is 0 Å². The van der Waals surface area contributed by atoms with Crippen LogP contribution in [0.4, 0.5) is 5.69 Å². The molecule has 4 heteroatoms. The number of aliphatic hydroxyl groups excluding tert-OH is 1. The molecular formula is C17H28N2O2. The molecule has 2 atom stereocenters. The third-order valence-corrected chi connectivity index (χ3v) is 4.32. The number of benzene rings is 1. The second-order valence-electron chi connectivity index (χ2n) is 6.06. The summed E-state index contributed by atoms with van der Waals surface area (Å²) in [6, 6.07) is 6.11. The molecule has 0 amide bonds. The van der Waals surface area contributed by atoms with Gasteiger partial charge in [-0.05, 0) is 44.7 Å². The predicted octanol–water partition coefficient (Wildman–Crippen LogP) is 2.66. The van der Waals surface area contributed by atoms with Crippen LogP contribution in [0.2, 0.25) is 0 Å². The zero-order chi connectivity index (χ0) is 15.2. The van der Waals surface area contributed by atoms with Gasteiger partial charge < -0.3 is 20.4 Å². The minimum Gasteiger partial charge on any atom is -0.508 e. The number of phenols is 1. The number of phenolic OH excluding ortho intramolecular Hbond substituents is 1. The molecule has 2 unspecified atom stereocenters. The van der Waals surface area contributed by atoms with E-state index in [2.05, 4.69) is 30.1 Å². The molecule has 3 N–H and O–H groups in total. The summed E-state index contributed by atoms with van der Waals surface area (Å²) in [5.41, 5.74) is 2.00. The van der Waals surface area contributed by atoms with Crippen molar-refractivity contribution < 1.29 is 10.2 Å². The van der Waals surface area contributed by atoms with Gasteiger partial charge in [0, 0.05) is 43.1 Å². The Bertz CT molecular complexity index is 450. The summed E-state index contributed by atoms with van der Waals surface area (Å²) in [5, 5.41) is 23.0. The van der Waals surface area contributed by atoms with Crippen molar-refractivity contribution in [3.8, 4) is 5.75 Å². The van der Waals surface area contributed by atoms with Crippen LogP contribution in [-0.4, -0.2) is 36.5 Å². The van der Waals surface area contributed by atoms with Gasteiger partial charge in [-0.25, -0.2) is 0 Å². The number of hydrogen-bond donors (Lipinski definition) is 3. The van der Waals surface area contributed by atoms with Gasteiger partial charge in [-0.3, -0.25) is 0 Å². The highest BCUT2D eigenvalue weighted by molar-refractivity contribution is 5.54. The molecule has 0 bridgehead atoms. The molecule has 1 fully saturated rings. The Hall–Kier alpha value is -1.26. The quantitative estimate of drug-likeness (QED) is 0.754. The van der Waals surface area contributed by atoms with Gasteiger partial charge in [0.2, 0.25) is 0 Å². The van der Waals surface area contributed by atoms with Crippen LogP contribution in [0.5, 0.6) is 5.75 Å². The third-order valence-electron chi connectivity index (χ3n) is 4.32. The summed E-state index contributed by atoms with van der Waals surface area (Å²) in [6.45, 7) is 7.28. The van der Waals surface area contributed by atoms with Crippen LogP contribution >= 0.6 is 0 Å². The first-order valence-electron chi connectivity index (χ1n) is 8.07. The van der Waals surface area contributed by atoms with Crippen molar-refractivity contribution in [1.82, 2.24) is 5.32 Å². The van der Waals surface area contributed by atoms with E-state index in [1.807, 2.05) is 12.1 Å². The Labute approximate surface area is 127 Å². The van der Waals surface area contributed by atoms with Crippen molar-refractivity contribution in [2.24, 2.45) is 5.92 Å². The molecular weight excluding hydrogens is 264 g/mol. The van der Waals surface area contributed by atoms with E-state index in [1.165, 1.54) is 0 Å². The van der Waals surface area contributed by atoms with Crippen LogP contribution in [0.3, 0.4) is 0 Å². The standard InChI is InChI=1S/C17H28N2O2/c1-3-8-18-13(2)16-7-6-15(10-17(16)21)19-9-4-5-14(11-19)12-20/h6-7,10,13-14,18,20-21H,3-5,8-9,11-12H2,1-2H3. The highest BCUT2D eigenvalue weighted by Crippen LogP contribution is 2.31. The van der Waals surface area contributed by atoms with Gasteiger partial charge in [-0.2, -0.15) is 0 Å². The Morgan fingerprint density at radius 3 is 2.90 bits per heavy atom. The Balaban J connectivity index is 2.07. The normalized spacial score (nSPS) is 20.5. The van der Waals surface area contributed by atoms with E-state index in [0.717, 1.165) is 50.1 Å². The van der Waals surface area contributed by atoms with Crippen LogP contribution in [0.15, 0.2) is 18.2 Å². The molecule has 0 radical (unpaired) electrons. The van der Waals surface area contributed by atoms with Gasteiger partial charge in [0.1, 0.15) is 5.75 Å². The monoisotopic (exact) mass is 292 g/mol. The number of anilines is 1. The summed E-state index contributed by atoms with van der Waals surface area (Å²) in [7, 11) is 0. The fourth-order valence-corrected chi connectivity index (χ4v) is 3.01. The van der Waals surface area contributed by atoms with E-state index in [9.17, 15) is 10.2 Å². The number of nitrogens with one attached hydrogen (secondary N) is 1. The van der Waals surface area contributed by atoms with Crippen molar-refractivity contribution in [3.63, 3.8) is 0 Å². The zero-order valence-electron chi connectivity index (χ0n) is 13.2. The summed E-state index contributed by atoms with van der Waals surface area (Å²) in [5.74, 6) is 0.709. The van der Waals surface area contributed by atoms with Crippen LogP contribution in [0.25, 0.3) is 0 Å². The van der Waals surface area contributed by atoms with Crippen molar-refractivity contribution >= 4 is 5.69 Å². The van der Waals surface area contributed by atoms with E-state index in [4.69, 9.17) is 0 Å². The largest absolute Gasteiger partial charge is 0.508 e. The molecule has 1 saturated heterocycles. The summed E-state index contributed by atoms with van der Waals surface area (Å²) in [4.78, 5) is 2.26. The van der Waals surface area contributed by atoms with Gasteiger partial charge in [0.15, 0.2) is 0 Å². The maximum absolute atomic E-state index is 10.3. The van der Waals surface area contributed by atoms with Crippen LogP contribution in [0, 0.1) is 5.92 Å². The molecule has 0 saturated carbocycles. The van der Waals surface area contributed by atoms with Gasteiger partial charge in [-0.15, -0.1) is 0 Å². The lowest BCUT2D eigenvalue weighted by Crippen LogP contribution is -2.36. The highest BCUT2D eigenvalue weighted by atomic mass is 16.3. The smallest absolute Gasteiger partial charge is 0.122 e. The average molecular weight is 292 g/mol. The summed E-state index contributed by atoms with van der Waals surface area (Å²) >= 11 is 0. The van der Waals surface area contributed by atoms with Crippen LogP contribution in [0.1, 0.15) is 44.7 Å². The van der Waals surface area contributed by atoms with Gasteiger partial charge in [0.05, 0.1) is 0 Å². The fourth-order valence-electron chi connectivity index (χ4n) is 3.01. The molecule has 1 aliphatic heterocycles. The first kappa shape index (κ1) is 16.1. The number of aliphatic hydroxyl groups is 1. The average Bonchev–Trinajstić information content (AvgIpc) is 2.52. The Morgan fingerprint density at radius 2 is 2.24 bits per heavy atom. The minimum atomic E-state index is 0.158. The topological polar surface area (TPSA) is 55.7 Å². The Kier molecular flexibility index (Phi) is 5.88. The summed E-state index contributed by atoms with van der Waals surface area (Å²) in [6.07, 6.45) is 3.27. The second-order valence-corrected chi connectivity index (χ2v) is 6.06. The molecule has 1 heterocycles. The van der Waals surface area contributed by atoms with E-state index in [1.54, 1.807) is 0 Å². The number of rotatable bonds is 6. The predicted molar refractivity (Wildman–Crippen MR) is 86.8 cm³/mol. The third kappa shape index (κ3) is 4.11. The maximum atomic E-state index is 10.3. The maximum Gasteiger partial charge on any atom is 0.122 e. The molecule has 4 nitrogen and oxygen atoms in total. The zero-order valence-corrected chi connectivity index (χ0v) is 13.2. The number of hydrogen-bond acceptors (Lipinski definition) is 4. The van der Waals surface area contributed by atoms with Gasteiger partial charge in [0.25, 0.3) is 0 Å². The van der Waals surface area contributed by atoms with E-state index >= 15 is 0 Å². The first-order valence-corrected chi connectivity index (χ1v) is 8.07. The number of piperidine rings is 1. The lowest BCUT2D eigenvalue weighted by Gasteiger charge is -2.34. The summed E-state index contributed by atoms with van der Waals surface area (Å²) < 4.78 is 0. The van der Waals surface area contributed by atoms with Crippen molar-refractivity contribution in [2.45, 2.75) is 39.2 Å². The van der Waals surface area contributed by atoms with Gasteiger partial charge >= 0.3 is 0 Å². The van der Waals surface area contributed by atoms with Crippen molar-refractivity contribution in [2.75, 3.05) is 31.1 Å². The van der Waals surface area contributed by atoms with Crippen molar-refractivity contribution in [3.05, 3.63) is 23.8 Å². The molecule has 1 aromatic carbocycles. The molecule has 1 aliphatic rings. The SMILES string of the molecule is CCCNC(C)c1ccc(N2CCCC(CO)C2)cc1O. The lowest BCUT2D eigenvalue weighted by molar-refractivity contribution is 0.208. The molecule has 0 spiro atoms. The fraction of sp³-hybridized carbons (Fsp3) is 0.647. The Morgan fingerprint density at radius 1 is 1.43 bits per heavy atom. The minimum absolute atomic E-state index is 0.158. The molecule has 0 aromatic heterocycles. The lowest BCUT2D eigenvalue weighted by atomic mass is 9.98. The molecule has 21 heavy (non-hydrogen) atoms. The molecule has 1 aromatic rings. The van der Waals surface area contributed by atoms with E-state index < -0.39 is 0 Å². The molecule has 2 rings (SSSR count). The van der Waals surface area contributed by atoms with Gasteiger partial charge in [-0.1, -0.05) is 13.0 Å². The number of aromatic hydroxyl groups is 1. The second kappa shape index (κ2) is 7.66. The highest BCUT2D eigenvalue weighted by Gasteiger charge is 2.20.